The fraction of sp³-hybridized carbons (Fsp3) is 0.286. The van der Waals surface area contributed by atoms with Crippen molar-refractivity contribution < 1.29 is 4.74 Å². The lowest BCUT2D eigenvalue weighted by Crippen LogP contribution is -2.21. The first-order valence-corrected chi connectivity index (χ1v) is 6.18. The van der Waals surface area contributed by atoms with E-state index < -0.39 is 0 Å². The molecule has 2 N–H and O–H groups in total. The highest BCUT2D eigenvalue weighted by atomic mass is 16.5. The molecule has 1 heterocycles. The van der Waals surface area contributed by atoms with Crippen LogP contribution < -0.4 is 15.6 Å². The van der Waals surface area contributed by atoms with Gasteiger partial charge in [-0.2, -0.15) is 5.10 Å². The van der Waals surface area contributed by atoms with Crippen LogP contribution in [-0.4, -0.2) is 23.9 Å². The van der Waals surface area contributed by atoms with Crippen molar-refractivity contribution in [3.05, 3.63) is 46.2 Å². The van der Waals surface area contributed by atoms with E-state index in [1.165, 1.54) is 0 Å². The van der Waals surface area contributed by atoms with E-state index in [0.717, 1.165) is 23.6 Å². The van der Waals surface area contributed by atoms with Gasteiger partial charge in [0.1, 0.15) is 5.75 Å². The number of nitrogens with one attached hydrogen (secondary N) is 2. The molecule has 0 fully saturated rings. The van der Waals surface area contributed by atoms with Gasteiger partial charge in [0.15, 0.2) is 0 Å². The number of hydrogen-bond acceptors (Lipinski definition) is 4. The van der Waals surface area contributed by atoms with Crippen molar-refractivity contribution in [2.45, 2.75) is 13.5 Å². The van der Waals surface area contributed by atoms with Gasteiger partial charge in [0.25, 0.3) is 5.56 Å². The Labute approximate surface area is 111 Å². The summed E-state index contributed by atoms with van der Waals surface area (Å²) in [5, 5.41) is 9.73. The molecule has 0 atom stereocenters. The number of H-pyrrole nitrogens is 1. The van der Waals surface area contributed by atoms with Gasteiger partial charge < -0.3 is 10.1 Å². The van der Waals surface area contributed by atoms with Crippen molar-refractivity contribution in [3.63, 3.8) is 0 Å². The fourth-order valence-electron chi connectivity index (χ4n) is 1.75. The van der Waals surface area contributed by atoms with Gasteiger partial charge in [-0.1, -0.05) is 6.92 Å². The molecule has 1 aromatic heterocycles. The number of hydrogen-bond donors (Lipinski definition) is 2. The van der Waals surface area contributed by atoms with Crippen molar-refractivity contribution in [2.75, 3.05) is 13.7 Å². The number of ether oxygens (including phenoxy) is 1. The Balaban J connectivity index is 2.30. The molecule has 100 valence electrons. The molecule has 0 radical (unpaired) electrons. The minimum absolute atomic E-state index is 0.154. The summed E-state index contributed by atoms with van der Waals surface area (Å²) in [5.74, 6) is 0.793. The maximum Gasteiger partial charge on any atom is 0.268 e. The summed E-state index contributed by atoms with van der Waals surface area (Å²) < 4.78 is 5.11. The predicted octanol–water partition coefficient (Wildman–Crippen LogP) is 1.55. The van der Waals surface area contributed by atoms with Gasteiger partial charge in [-0.15, -0.1) is 0 Å². The molecular weight excluding hydrogens is 242 g/mol. The summed E-state index contributed by atoms with van der Waals surface area (Å²) in [6, 6.07) is 9.37. The van der Waals surface area contributed by atoms with Gasteiger partial charge in [-0.05, 0) is 36.9 Å². The van der Waals surface area contributed by atoms with Crippen molar-refractivity contribution in [3.8, 4) is 17.0 Å². The second kappa shape index (κ2) is 6.15. The smallest absolute Gasteiger partial charge is 0.268 e. The lowest BCUT2D eigenvalue weighted by molar-refractivity contribution is 0.415. The van der Waals surface area contributed by atoms with Crippen LogP contribution in [0.2, 0.25) is 0 Å². The normalized spacial score (nSPS) is 10.4. The molecule has 0 aliphatic heterocycles. The Morgan fingerprint density at radius 3 is 2.68 bits per heavy atom. The molecule has 0 amide bonds. The van der Waals surface area contributed by atoms with E-state index in [-0.39, 0.29) is 5.56 Å². The molecule has 0 aliphatic rings. The highest BCUT2D eigenvalue weighted by Crippen LogP contribution is 2.19. The molecule has 0 bridgehead atoms. The zero-order valence-electron chi connectivity index (χ0n) is 11.1. The second-order valence-electron chi connectivity index (χ2n) is 4.12. The van der Waals surface area contributed by atoms with Gasteiger partial charge in [0.05, 0.1) is 12.8 Å². The summed E-state index contributed by atoms with van der Waals surface area (Å²) in [7, 11) is 1.63. The van der Waals surface area contributed by atoms with Gasteiger partial charge >= 0.3 is 0 Å². The van der Waals surface area contributed by atoms with Crippen molar-refractivity contribution in [1.82, 2.24) is 15.5 Å². The number of rotatable bonds is 5. The average Bonchev–Trinajstić information content (AvgIpc) is 2.46. The Bertz CT molecular complexity index is 590. The monoisotopic (exact) mass is 259 g/mol. The molecule has 0 aliphatic carbocycles. The summed E-state index contributed by atoms with van der Waals surface area (Å²) in [6.45, 7) is 3.36. The molecule has 0 saturated heterocycles. The van der Waals surface area contributed by atoms with Crippen LogP contribution in [0.4, 0.5) is 0 Å². The standard InChI is InChI=1S/C14H17N3O2/c1-3-15-9-11-8-13(16-17-14(11)18)10-4-6-12(19-2)7-5-10/h4-8,15H,3,9H2,1-2H3,(H,17,18). The molecule has 0 spiro atoms. The molecule has 0 saturated carbocycles. The average molecular weight is 259 g/mol. The predicted molar refractivity (Wildman–Crippen MR) is 74.2 cm³/mol. The molecule has 2 rings (SSSR count). The van der Waals surface area contributed by atoms with Crippen LogP contribution in [0.3, 0.4) is 0 Å². The highest BCUT2D eigenvalue weighted by molar-refractivity contribution is 5.60. The SMILES string of the molecule is CCNCc1cc(-c2ccc(OC)cc2)n[nH]c1=O. The first kappa shape index (κ1) is 13.3. The third-order valence-corrected chi connectivity index (χ3v) is 2.83. The number of aromatic amines is 1. The largest absolute Gasteiger partial charge is 0.497 e. The van der Waals surface area contributed by atoms with Crippen molar-refractivity contribution in [2.24, 2.45) is 0 Å². The van der Waals surface area contributed by atoms with E-state index >= 15 is 0 Å². The minimum Gasteiger partial charge on any atom is -0.497 e. The van der Waals surface area contributed by atoms with E-state index in [1.54, 1.807) is 7.11 Å². The van der Waals surface area contributed by atoms with E-state index in [1.807, 2.05) is 37.3 Å². The van der Waals surface area contributed by atoms with E-state index in [2.05, 4.69) is 15.5 Å². The Morgan fingerprint density at radius 2 is 2.05 bits per heavy atom. The fourth-order valence-corrected chi connectivity index (χ4v) is 1.75. The first-order valence-electron chi connectivity index (χ1n) is 6.18. The lowest BCUT2D eigenvalue weighted by atomic mass is 10.1. The van der Waals surface area contributed by atoms with E-state index in [9.17, 15) is 4.79 Å². The first-order chi connectivity index (χ1) is 9.24. The molecular formula is C14H17N3O2. The minimum atomic E-state index is -0.154. The summed E-state index contributed by atoms with van der Waals surface area (Å²) in [4.78, 5) is 11.6. The molecule has 1 aromatic carbocycles. The summed E-state index contributed by atoms with van der Waals surface area (Å²) in [5.41, 5.74) is 2.21. The van der Waals surface area contributed by atoms with Crippen LogP contribution in [0.5, 0.6) is 5.75 Å². The third kappa shape index (κ3) is 3.20. The van der Waals surface area contributed by atoms with Crippen LogP contribution >= 0.6 is 0 Å². The topological polar surface area (TPSA) is 67.0 Å². The van der Waals surface area contributed by atoms with Gasteiger partial charge in [-0.25, -0.2) is 5.10 Å². The van der Waals surface area contributed by atoms with Gasteiger partial charge in [0, 0.05) is 17.7 Å². The quantitative estimate of drug-likeness (QED) is 0.855. The van der Waals surface area contributed by atoms with Crippen molar-refractivity contribution in [1.29, 1.82) is 0 Å². The number of nitrogens with zero attached hydrogens (tertiary/aromatic N) is 1. The molecule has 19 heavy (non-hydrogen) atoms. The highest BCUT2D eigenvalue weighted by Gasteiger charge is 2.05. The van der Waals surface area contributed by atoms with Gasteiger partial charge in [-0.3, -0.25) is 4.79 Å². The molecule has 5 heteroatoms. The third-order valence-electron chi connectivity index (χ3n) is 2.83. The molecule has 2 aromatic rings. The van der Waals surface area contributed by atoms with Crippen molar-refractivity contribution >= 4 is 0 Å². The van der Waals surface area contributed by atoms with Gasteiger partial charge in [0.2, 0.25) is 0 Å². The van der Waals surface area contributed by atoms with Crippen LogP contribution in [0.15, 0.2) is 35.1 Å². The summed E-state index contributed by atoms with van der Waals surface area (Å²) >= 11 is 0. The van der Waals surface area contributed by atoms with Crippen LogP contribution in [0.1, 0.15) is 12.5 Å². The second-order valence-corrected chi connectivity index (χ2v) is 4.12. The zero-order chi connectivity index (χ0) is 13.7. The van der Waals surface area contributed by atoms with E-state index in [0.29, 0.717) is 12.1 Å². The number of aromatic nitrogens is 2. The van der Waals surface area contributed by atoms with Crippen LogP contribution in [0, 0.1) is 0 Å². The lowest BCUT2D eigenvalue weighted by Gasteiger charge is -2.05. The number of benzene rings is 1. The Morgan fingerprint density at radius 1 is 1.32 bits per heavy atom. The maximum atomic E-state index is 11.6. The molecule has 0 unspecified atom stereocenters. The Hall–Kier alpha value is -2.14. The van der Waals surface area contributed by atoms with Crippen LogP contribution in [0.25, 0.3) is 11.3 Å². The zero-order valence-corrected chi connectivity index (χ0v) is 11.1. The maximum absolute atomic E-state index is 11.6. The van der Waals surface area contributed by atoms with E-state index in [4.69, 9.17) is 4.74 Å². The number of methoxy groups -OCH3 is 1. The summed E-state index contributed by atoms with van der Waals surface area (Å²) in [6.07, 6.45) is 0. The molecule has 5 nitrogen and oxygen atoms in total. The Kier molecular flexibility index (Phi) is 4.30. The van der Waals surface area contributed by atoms with Crippen LogP contribution in [-0.2, 0) is 6.54 Å².